The predicted molar refractivity (Wildman–Crippen MR) is 117 cm³/mol. The first-order valence-corrected chi connectivity index (χ1v) is 10.2. The fourth-order valence-electron chi connectivity index (χ4n) is 2.63. The Balaban J connectivity index is 1.78. The molecule has 0 atom stereocenters. The van der Waals surface area contributed by atoms with Crippen molar-refractivity contribution in [3.8, 4) is 0 Å². The molecule has 0 saturated carbocycles. The van der Waals surface area contributed by atoms with Gasteiger partial charge < -0.3 is 15.5 Å². The molecule has 2 amide bonds. The maximum atomic E-state index is 12.1. The van der Waals surface area contributed by atoms with Crippen molar-refractivity contribution in [3.05, 3.63) is 74.5 Å². The number of thiophene rings is 1. The number of nitrogens with one attached hydrogen (secondary N) is 2. The van der Waals surface area contributed by atoms with Crippen molar-refractivity contribution in [3.63, 3.8) is 0 Å². The van der Waals surface area contributed by atoms with Gasteiger partial charge in [0, 0.05) is 11.3 Å². The van der Waals surface area contributed by atoms with Gasteiger partial charge in [0.25, 0.3) is 11.8 Å². The predicted octanol–water partition coefficient (Wildman–Crippen LogP) is 4.23. The summed E-state index contributed by atoms with van der Waals surface area (Å²) in [4.78, 5) is 25.1. The van der Waals surface area contributed by atoms with Crippen molar-refractivity contribution in [2.45, 2.75) is 13.3 Å². The van der Waals surface area contributed by atoms with Gasteiger partial charge in [-0.15, -0.1) is 11.3 Å². The molecule has 144 valence electrons. The molecule has 0 saturated heterocycles. The number of rotatable bonds is 5. The number of carbonyl (C=O) groups is 2. The van der Waals surface area contributed by atoms with E-state index in [1.807, 2.05) is 37.3 Å². The summed E-state index contributed by atoms with van der Waals surface area (Å²) in [5.74, 6) is -0.945. The van der Waals surface area contributed by atoms with Crippen LogP contribution in [0.4, 0.5) is 5.00 Å². The lowest BCUT2D eigenvalue weighted by Gasteiger charge is -2.08. The first-order valence-electron chi connectivity index (χ1n) is 8.19. The molecular formula is C19H16BrN3O3S2. The van der Waals surface area contributed by atoms with Crippen molar-refractivity contribution in [1.29, 1.82) is 0 Å². The molecule has 0 aliphatic carbocycles. The molecule has 3 aromatic rings. The van der Waals surface area contributed by atoms with E-state index in [-0.39, 0.29) is 10.9 Å². The zero-order valence-corrected chi connectivity index (χ0v) is 18.0. The van der Waals surface area contributed by atoms with Gasteiger partial charge >= 0.3 is 0 Å². The molecule has 6 nitrogen and oxygen atoms in total. The highest BCUT2D eigenvalue weighted by atomic mass is 79.9. The van der Waals surface area contributed by atoms with E-state index in [1.165, 1.54) is 17.4 Å². The van der Waals surface area contributed by atoms with Crippen LogP contribution in [0.15, 0.2) is 51.6 Å². The van der Waals surface area contributed by atoms with Crippen LogP contribution < -0.4 is 16.4 Å². The summed E-state index contributed by atoms with van der Waals surface area (Å²) in [5, 5.41) is 5.98. The molecular weight excluding hydrogens is 462 g/mol. The van der Waals surface area contributed by atoms with Gasteiger partial charge in [-0.25, -0.2) is 0 Å². The highest BCUT2D eigenvalue weighted by molar-refractivity contribution is 9.10. The second kappa shape index (κ2) is 8.68. The van der Waals surface area contributed by atoms with E-state index in [0.717, 1.165) is 16.0 Å². The van der Waals surface area contributed by atoms with Gasteiger partial charge in [0.05, 0.1) is 5.56 Å². The second-order valence-corrected chi connectivity index (χ2v) is 8.19. The quantitative estimate of drug-likeness (QED) is 0.477. The third-order valence-corrected chi connectivity index (χ3v) is 5.79. The molecule has 2 aromatic heterocycles. The Kier molecular flexibility index (Phi) is 6.28. The summed E-state index contributed by atoms with van der Waals surface area (Å²) >= 11 is 9.73. The molecule has 28 heavy (non-hydrogen) atoms. The second-order valence-electron chi connectivity index (χ2n) is 5.89. The normalized spacial score (nSPS) is 10.5. The van der Waals surface area contributed by atoms with Gasteiger partial charge in [-0.3, -0.25) is 14.9 Å². The lowest BCUT2D eigenvalue weighted by atomic mass is 10.1. The number of thiocarbonyl (C=S) groups is 1. The summed E-state index contributed by atoms with van der Waals surface area (Å²) < 4.78 is 5.63. The van der Waals surface area contributed by atoms with Crippen LogP contribution in [0.1, 0.15) is 36.9 Å². The van der Waals surface area contributed by atoms with Crippen molar-refractivity contribution < 1.29 is 14.0 Å². The summed E-state index contributed by atoms with van der Waals surface area (Å²) in [6.07, 6.45) is 0.666. The van der Waals surface area contributed by atoms with Crippen LogP contribution in [0.5, 0.6) is 0 Å². The molecule has 0 unspecified atom stereocenters. The van der Waals surface area contributed by atoms with E-state index in [9.17, 15) is 9.59 Å². The van der Waals surface area contributed by atoms with E-state index in [2.05, 4.69) is 26.6 Å². The minimum absolute atomic E-state index is 0.0486. The number of amides is 2. The maximum Gasteiger partial charge on any atom is 0.293 e. The molecule has 0 bridgehead atoms. The molecule has 3 rings (SSSR count). The minimum atomic E-state index is -0.556. The monoisotopic (exact) mass is 477 g/mol. The Morgan fingerprint density at radius 3 is 2.54 bits per heavy atom. The van der Waals surface area contributed by atoms with E-state index in [0.29, 0.717) is 21.7 Å². The molecule has 0 aliphatic rings. The molecule has 0 radical (unpaired) electrons. The third-order valence-electron chi connectivity index (χ3n) is 3.95. The summed E-state index contributed by atoms with van der Waals surface area (Å²) in [5.41, 5.74) is 7.86. The Hall–Kier alpha value is -2.49. The zero-order valence-electron chi connectivity index (χ0n) is 14.7. The molecule has 9 heteroatoms. The maximum absolute atomic E-state index is 12.1. The number of benzene rings is 1. The number of hydrogen-bond donors (Lipinski definition) is 3. The van der Waals surface area contributed by atoms with E-state index in [4.69, 9.17) is 22.4 Å². The number of carbonyl (C=O) groups excluding carboxylic acids is 2. The molecule has 0 spiro atoms. The SMILES string of the molecule is Cc1c(Cc2ccccc2)sc(NC(=S)NC(=O)c2ccc(Br)o2)c1C(N)=O. The highest BCUT2D eigenvalue weighted by Crippen LogP contribution is 2.34. The van der Waals surface area contributed by atoms with Crippen molar-refractivity contribution in [2.75, 3.05) is 5.32 Å². The van der Waals surface area contributed by atoms with Crippen molar-refractivity contribution >= 4 is 61.4 Å². The first-order chi connectivity index (χ1) is 13.3. The van der Waals surface area contributed by atoms with Crippen LogP contribution in [0.2, 0.25) is 0 Å². The molecule has 0 fully saturated rings. The van der Waals surface area contributed by atoms with Crippen LogP contribution in [0, 0.1) is 6.92 Å². The van der Waals surface area contributed by atoms with Gasteiger partial charge in [-0.05, 0) is 58.3 Å². The smallest absolute Gasteiger partial charge is 0.293 e. The summed E-state index contributed by atoms with van der Waals surface area (Å²) in [7, 11) is 0. The van der Waals surface area contributed by atoms with Crippen LogP contribution in [0.3, 0.4) is 0 Å². The number of hydrogen-bond acceptors (Lipinski definition) is 5. The van der Waals surface area contributed by atoms with Crippen LogP contribution in [-0.2, 0) is 6.42 Å². The van der Waals surface area contributed by atoms with Crippen LogP contribution in [0.25, 0.3) is 0 Å². The lowest BCUT2D eigenvalue weighted by Crippen LogP contribution is -2.34. The molecule has 0 aliphatic heterocycles. The van der Waals surface area contributed by atoms with E-state index < -0.39 is 11.8 Å². The third kappa shape index (κ3) is 4.67. The number of nitrogens with two attached hydrogens (primary N) is 1. The van der Waals surface area contributed by atoms with Crippen molar-refractivity contribution in [1.82, 2.24) is 5.32 Å². The average Bonchev–Trinajstić information content (AvgIpc) is 3.19. The number of primary amides is 1. The number of anilines is 1. The topological polar surface area (TPSA) is 97.4 Å². The van der Waals surface area contributed by atoms with Gasteiger partial charge in [0.1, 0.15) is 5.00 Å². The fraction of sp³-hybridized carbons (Fsp3) is 0.105. The summed E-state index contributed by atoms with van der Waals surface area (Å²) in [6, 6.07) is 13.0. The van der Waals surface area contributed by atoms with Gasteiger partial charge in [-0.2, -0.15) is 0 Å². The van der Waals surface area contributed by atoms with Gasteiger partial charge in [0.2, 0.25) is 0 Å². The molecule has 2 heterocycles. The molecule has 4 N–H and O–H groups in total. The largest absolute Gasteiger partial charge is 0.444 e. The average molecular weight is 478 g/mol. The highest BCUT2D eigenvalue weighted by Gasteiger charge is 2.21. The standard InChI is InChI=1S/C19H16BrN3O3S2/c1-10-13(9-11-5-3-2-4-6-11)28-18(15(10)16(21)24)23-19(27)22-17(25)12-7-8-14(20)26-12/h2-8H,9H2,1H3,(H2,21,24)(H2,22,23,25,27). The van der Waals surface area contributed by atoms with E-state index in [1.54, 1.807) is 6.07 Å². The Morgan fingerprint density at radius 2 is 1.93 bits per heavy atom. The van der Waals surface area contributed by atoms with Gasteiger partial charge in [0.15, 0.2) is 15.5 Å². The zero-order chi connectivity index (χ0) is 20.3. The van der Waals surface area contributed by atoms with Gasteiger partial charge in [-0.1, -0.05) is 30.3 Å². The minimum Gasteiger partial charge on any atom is -0.444 e. The summed E-state index contributed by atoms with van der Waals surface area (Å²) in [6.45, 7) is 1.85. The molecule has 1 aromatic carbocycles. The Morgan fingerprint density at radius 1 is 1.21 bits per heavy atom. The number of furan rings is 1. The van der Waals surface area contributed by atoms with Crippen LogP contribution in [-0.4, -0.2) is 16.9 Å². The number of halogens is 1. The lowest BCUT2D eigenvalue weighted by molar-refractivity contribution is 0.0948. The first kappa shape index (κ1) is 20.2. The fourth-order valence-corrected chi connectivity index (χ4v) is 4.45. The van der Waals surface area contributed by atoms with E-state index >= 15 is 0 Å². The Labute approximate surface area is 179 Å². The van der Waals surface area contributed by atoms with Crippen LogP contribution >= 0.6 is 39.5 Å². The Bertz CT molecular complexity index is 1040. The van der Waals surface area contributed by atoms with Crippen molar-refractivity contribution in [2.24, 2.45) is 5.73 Å².